The summed E-state index contributed by atoms with van der Waals surface area (Å²) >= 11 is 3.55. The Hall–Kier alpha value is -1.20. The van der Waals surface area contributed by atoms with Gasteiger partial charge in [-0.15, -0.1) is 10.2 Å². The Morgan fingerprint density at radius 1 is 1.42 bits per heavy atom. The van der Waals surface area contributed by atoms with E-state index < -0.39 is 0 Å². The van der Waals surface area contributed by atoms with Gasteiger partial charge in [-0.1, -0.05) is 28.1 Å². The molecule has 0 spiro atoms. The highest BCUT2D eigenvalue weighted by Gasteiger charge is 2.50. The van der Waals surface area contributed by atoms with Crippen molar-refractivity contribution >= 4 is 15.9 Å². The van der Waals surface area contributed by atoms with Crippen LogP contribution in [0.4, 0.5) is 0 Å². The van der Waals surface area contributed by atoms with E-state index in [2.05, 4.69) is 44.3 Å². The summed E-state index contributed by atoms with van der Waals surface area (Å²) in [4.78, 5) is 0. The van der Waals surface area contributed by atoms with Crippen LogP contribution in [0.25, 0.3) is 0 Å². The third kappa shape index (κ3) is 2.01. The summed E-state index contributed by atoms with van der Waals surface area (Å²) in [5, 5.41) is 8.36. The predicted molar refractivity (Wildman–Crippen MR) is 76.0 cm³/mol. The van der Waals surface area contributed by atoms with Crippen LogP contribution < -0.4 is 0 Å². The van der Waals surface area contributed by atoms with E-state index in [0.717, 1.165) is 23.1 Å². The van der Waals surface area contributed by atoms with Crippen LogP contribution in [0.1, 0.15) is 24.2 Å². The van der Waals surface area contributed by atoms with Gasteiger partial charge in [0.15, 0.2) is 0 Å². The highest BCUT2D eigenvalue weighted by Crippen LogP contribution is 2.49. The zero-order chi connectivity index (χ0) is 13.5. The van der Waals surface area contributed by atoms with Crippen LogP contribution in [0.5, 0.6) is 0 Å². The maximum atomic E-state index is 5.46. The third-order valence-corrected chi connectivity index (χ3v) is 4.50. The lowest BCUT2D eigenvalue weighted by Gasteiger charge is -2.46. The van der Waals surface area contributed by atoms with E-state index in [4.69, 9.17) is 4.74 Å². The van der Waals surface area contributed by atoms with Crippen molar-refractivity contribution in [1.29, 1.82) is 0 Å². The summed E-state index contributed by atoms with van der Waals surface area (Å²) in [6, 6.07) is 8.43. The average molecular weight is 322 g/mol. The van der Waals surface area contributed by atoms with Gasteiger partial charge in [-0.05, 0) is 30.5 Å². The lowest BCUT2D eigenvalue weighted by atomic mass is 9.62. The Labute approximate surface area is 120 Å². The van der Waals surface area contributed by atoms with Crippen LogP contribution in [0.3, 0.4) is 0 Å². The summed E-state index contributed by atoms with van der Waals surface area (Å²) < 4.78 is 8.56. The fourth-order valence-corrected chi connectivity index (χ4v) is 3.33. The highest BCUT2D eigenvalue weighted by molar-refractivity contribution is 9.10. The molecule has 2 aromatic rings. The lowest BCUT2D eigenvalue weighted by Crippen LogP contribution is -2.48. The van der Waals surface area contributed by atoms with Gasteiger partial charge in [0.1, 0.15) is 12.2 Å². The van der Waals surface area contributed by atoms with E-state index in [1.807, 2.05) is 17.7 Å². The Kier molecular flexibility index (Phi) is 3.19. The van der Waals surface area contributed by atoms with Crippen molar-refractivity contribution in [2.45, 2.75) is 24.4 Å². The first-order valence-corrected chi connectivity index (χ1v) is 7.08. The number of ether oxygens (including phenoxy) is 1. The number of methoxy groups -OCH3 is 1. The fourth-order valence-electron chi connectivity index (χ4n) is 2.93. The van der Waals surface area contributed by atoms with E-state index in [9.17, 15) is 0 Å². The van der Waals surface area contributed by atoms with E-state index in [0.29, 0.717) is 6.10 Å². The van der Waals surface area contributed by atoms with E-state index in [-0.39, 0.29) is 5.41 Å². The normalized spacial score (nSPS) is 26.2. The minimum absolute atomic E-state index is 0.0737. The Morgan fingerprint density at radius 2 is 2.21 bits per heavy atom. The van der Waals surface area contributed by atoms with Crippen molar-refractivity contribution in [3.63, 3.8) is 0 Å². The summed E-state index contributed by atoms with van der Waals surface area (Å²) in [5.74, 6) is 1.01. The molecular weight excluding hydrogens is 306 g/mol. The zero-order valence-corrected chi connectivity index (χ0v) is 12.6. The third-order valence-electron chi connectivity index (χ3n) is 4.00. The molecule has 100 valence electrons. The molecule has 3 rings (SSSR count). The predicted octanol–water partition coefficient (Wildman–Crippen LogP) is 2.67. The molecule has 0 N–H and O–H groups in total. The van der Waals surface area contributed by atoms with Gasteiger partial charge in [-0.2, -0.15) is 0 Å². The van der Waals surface area contributed by atoms with Gasteiger partial charge < -0.3 is 9.30 Å². The molecule has 1 fully saturated rings. The van der Waals surface area contributed by atoms with Crippen LogP contribution >= 0.6 is 15.9 Å². The molecule has 1 aromatic carbocycles. The van der Waals surface area contributed by atoms with Crippen LogP contribution in [-0.4, -0.2) is 28.0 Å². The first-order chi connectivity index (χ1) is 9.15. The number of hydrogen-bond donors (Lipinski definition) is 0. The molecule has 0 unspecified atom stereocenters. The van der Waals surface area contributed by atoms with Crippen molar-refractivity contribution in [3.05, 3.63) is 46.5 Å². The molecule has 19 heavy (non-hydrogen) atoms. The topological polar surface area (TPSA) is 39.9 Å². The van der Waals surface area contributed by atoms with Crippen molar-refractivity contribution in [1.82, 2.24) is 14.8 Å². The smallest absolute Gasteiger partial charge is 0.143 e. The molecule has 0 radical (unpaired) electrons. The number of rotatable bonds is 3. The van der Waals surface area contributed by atoms with E-state index in [1.54, 1.807) is 13.4 Å². The maximum absolute atomic E-state index is 5.46. The van der Waals surface area contributed by atoms with Gasteiger partial charge in [-0.3, -0.25) is 0 Å². The van der Waals surface area contributed by atoms with Crippen LogP contribution in [0.15, 0.2) is 35.1 Å². The number of halogens is 1. The summed E-state index contributed by atoms with van der Waals surface area (Å²) in [5.41, 5.74) is 1.20. The molecule has 0 amide bonds. The molecular formula is C14H16BrN3O. The van der Waals surface area contributed by atoms with Gasteiger partial charge in [0.2, 0.25) is 0 Å². The van der Waals surface area contributed by atoms with Gasteiger partial charge in [-0.25, -0.2) is 0 Å². The minimum atomic E-state index is -0.0737. The molecule has 0 atom stereocenters. The molecule has 4 nitrogen and oxygen atoms in total. The van der Waals surface area contributed by atoms with Crippen molar-refractivity contribution in [2.24, 2.45) is 7.05 Å². The van der Waals surface area contributed by atoms with Gasteiger partial charge in [0, 0.05) is 18.6 Å². The number of benzene rings is 1. The Morgan fingerprint density at radius 3 is 2.79 bits per heavy atom. The largest absolute Gasteiger partial charge is 0.381 e. The minimum Gasteiger partial charge on any atom is -0.381 e. The second kappa shape index (κ2) is 4.72. The number of aryl methyl sites for hydroxylation is 1. The summed E-state index contributed by atoms with van der Waals surface area (Å²) in [7, 11) is 3.77. The lowest BCUT2D eigenvalue weighted by molar-refractivity contribution is -0.00698. The first kappa shape index (κ1) is 12.8. The fraction of sp³-hybridized carbons (Fsp3) is 0.429. The SMILES string of the molecule is COC1CC(c2cccc(Br)c2)(c2nncn2C)C1. The number of aromatic nitrogens is 3. The van der Waals surface area contributed by atoms with Gasteiger partial charge >= 0.3 is 0 Å². The number of nitrogens with zero attached hydrogens (tertiary/aromatic N) is 3. The molecule has 1 aliphatic carbocycles. The Balaban J connectivity index is 2.07. The van der Waals surface area contributed by atoms with Crippen LogP contribution in [0, 0.1) is 0 Å². The first-order valence-electron chi connectivity index (χ1n) is 6.29. The molecule has 1 saturated carbocycles. The molecule has 0 aliphatic heterocycles. The quantitative estimate of drug-likeness (QED) is 0.872. The van der Waals surface area contributed by atoms with Crippen molar-refractivity contribution in [3.8, 4) is 0 Å². The van der Waals surface area contributed by atoms with Crippen molar-refractivity contribution < 1.29 is 4.74 Å². The molecule has 5 heteroatoms. The highest BCUT2D eigenvalue weighted by atomic mass is 79.9. The van der Waals surface area contributed by atoms with E-state index in [1.165, 1.54) is 5.56 Å². The molecule has 0 saturated heterocycles. The van der Waals surface area contributed by atoms with Crippen LogP contribution in [0.2, 0.25) is 0 Å². The maximum Gasteiger partial charge on any atom is 0.143 e. The van der Waals surface area contributed by atoms with E-state index >= 15 is 0 Å². The average Bonchev–Trinajstić information content (AvgIpc) is 2.76. The van der Waals surface area contributed by atoms with Crippen molar-refractivity contribution in [2.75, 3.05) is 7.11 Å². The molecule has 1 aliphatic rings. The Bertz CT molecular complexity index is 590. The zero-order valence-electron chi connectivity index (χ0n) is 11.0. The standard InChI is InChI=1S/C14H16BrN3O/c1-18-9-16-17-13(18)14(7-12(8-14)19-2)10-4-3-5-11(15)6-10/h3-6,9,12H,7-8H2,1-2H3. The molecule has 1 heterocycles. The van der Waals surface area contributed by atoms with Gasteiger partial charge in [0.25, 0.3) is 0 Å². The molecule has 0 bridgehead atoms. The van der Waals surface area contributed by atoms with Crippen LogP contribution in [-0.2, 0) is 17.2 Å². The second-order valence-electron chi connectivity index (χ2n) is 5.12. The number of hydrogen-bond acceptors (Lipinski definition) is 3. The molecule has 1 aromatic heterocycles. The summed E-state index contributed by atoms with van der Waals surface area (Å²) in [6.07, 6.45) is 3.96. The monoisotopic (exact) mass is 321 g/mol. The second-order valence-corrected chi connectivity index (χ2v) is 6.04. The van der Waals surface area contributed by atoms with Gasteiger partial charge in [0.05, 0.1) is 11.5 Å². The summed E-state index contributed by atoms with van der Waals surface area (Å²) in [6.45, 7) is 0.